The van der Waals surface area contributed by atoms with Crippen LogP contribution in [0.1, 0.15) is 5.69 Å². The lowest BCUT2D eigenvalue weighted by Gasteiger charge is -2.03. The normalized spacial score (nSPS) is 11.2. The highest BCUT2D eigenvalue weighted by Gasteiger charge is 2.16. The summed E-state index contributed by atoms with van der Waals surface area (Å²) in [6.45, 7) is 2.00. The Labute approximate surface area is 164 Å². The van der Waals surface area contributed by atoms with Gasteiger partial charge in [-0.25, -0.2) is 29.9 Å². The smallest absolute Gasteiger partial charge is 0.176 e. The van der Waals surface area contributed by atoms with Gasteiger partial charge in [0.15, 0.2) is 5.82 Å². The van der Waals surface area contributed by atoms with Gasteiger partial charge >= 0.3 is 0 Å². The Morgan fingerprint density at radius 1 is 1.00 bits per heavy atom. The van der Waals surface area contributed by atoms with Crippen LogP contribution in [0.4, 0.5) is 0 Å². The second kappa shape index (κ2) is 6.58. The number of aromatic nitrogens is 7. The van der Waals surface area contributed by atoms with Crippen molar-refractivity contribution in [3.05, 3.63) is 61.1 Å². The molecule has 0 amide bonds. The van der Waals surface area contributed by atoms with E-state index in [-0.39, 0.29) is 0 Å². The van der Waals surface area contributed by atoms with Crippen molar-refractivity contribution in [3.63, 3.8) is 0 Å². The first-order chi connectivity index (χ1) is 13.7. The van der Waals surface area contributed by atoms with Gasteiger partial charge in [0.1, 0.15) is 17.0 Å². The van der Waals surface area contributed by atoms with E-state index in [1.165, 1.54) is 6.33 Å². The molecule has 5 aromatic heterocycles. The molecular weight excluding hydrogens is 370 g/mol. The van der Waals surface area contributed by atoms with Crippen LogP contribution in [0.2, 0.25) is 0 Å². The van der Waals surface area contributed by atoms with Crippen molar-refractivity contribution in [2.75, 3.05) is 0 Å². The van der Waals surface area contributed by atoms with Gasteiger partial charge in [0.25, 0.3) is 0 Å². The van der Waals surface area contributed by atoms with Crippen LogP contribution in [0, 0.1) is 6.92 Å². The quantitative estimate of drug-likeness (QED) is 0.468. The molecule has 0 N–H and O–H groups in total. The van der Waals surface area contributed by atoms with Crippen molar-refractivity contribution in [3.8, 4) is 32.7 Å². The molecule has 0 spiro atoms. The number of rotatable bonds is 3. The van der Waals surface area contributed by atoms with Gasteiger partial charge in [0, 0.05) is 42.8 Å². The largest absolute Gasteiger partial charge is 0.326 e. The minimum absolute atomic E-state index is 0.685. The number of hydrogen-bond acceptors (Lipinski definition) is 7. The van der Waals surface area contributed by atoms with Gasteiger partial charge in [0.05, 0.1) is 22.0 Å². The molecular formula is C20H15N7S. The summed E-state index contributed by atoms with van der Waals surface area (Å²) in [4.78, 5) is 27.5. The van der Waals surface area contributed by atoms with Crippen LogP contribution in [0.3, 0.4) is 0 Å². The van der Waals surface area contributed by atoms with E-state index < -0.39 is 0 Å². The van der Waals surface area contributed by atoms with Crippen LogP contribution in [-0.4, -0.2) is 34.5 Å². The molecule has 5 aromatic rings. The minimum atomic E-state index is 0.685. The Morgan fingerprint density at radius 3 is 2.57 bits per heavy atom. The summed E-state index contributed by atoms with van der Waals surface area (Å²) < 4.78 is 2.02. The third-order valence-corrected chi connectivity index (χ3v) is 5.74. The molecule has 0 aliphatic heterocycles. The van der Waals surface area contributed by atoms with E-state index >= 15 is 0 Å². The molecule has 0 atom stereocenters. The van der Waals surface area contributed by atoms with Crippen molar-refractivity contribution in [1.29, 1.82) is 0 Å². The van der Waals surface area contributed by atoms with Crippen molar-refractivity contribution in [2.45, 2.75) is 6.92 Å². The third kappa shape index (κ3) is 2.74. The predicted molar refractivity (Wildman–Crippen MR) is 109 cm³/mol. The number of thiazole rings is 1. The van der Waals surface area contributed by atoms with E-state index in [0.29, 0.717) is 5.82 Å². The zero-order valence-electron chi connectivity index (χ0n) is 15.2. The zero-order valence-corrected chi connectivity index (χ0v) is 16.1. The van der Waals surface area contributed by atoms with Crippen LogP contribution in [0.25, 0.3) is 43.7 Å². The third-order valence-electron chi connectivity index (χ3n) is 4.51. The second-order valence-electron chi connectivity index (χ2n) is 6.33. The van der Waals surface area contributed by atoms with Crippen molar-refractivity contribution in [2.24, 2.45) is 7.05 Å². The van der Waals surface area contributed by atoms with Crippen LogP contribution < -0.4 is 0 Å². The SMILES string of the molecule is Cc1nc(-c2cncnc2)sc1-c1ccc2cc(-c3ncccn3)n(C)c2n1. The Bertz CT molecular complexity index is 1280. The number of aryl methyl sites for hydroxylation is 2. The van der Waals surface area contributed by atoms with Crippen LogP contribution >= 0.6 is 11.3 Å². The van der Waals surface area contributed by atoms with Crippen molar-refractivity contribution in [1.82, 2.24) is 34.5 Å². The van der Waals surface area contributed by atoms with Crippen LogP contribution in [0.5, 0.6) is 0 Å². The van der Waals surface area contributed by atoms with Crippen molar-refractivity contribution < 1.29 is 0 Å². The number of fused-ring (bicyclic) bond motifs is 1. The molecule has 8 heteroatoms. The monoisotopic (exact) mass is 385 g/mol. The predicted octanol–water partition coefficient (Wildman–Crippen LogP) is 3.92. The highest BCUT2D eigenvalue weighted by Crippen LogP contribution is 2.35. The summed E-state index contributed by atoms with van der Waals surface area (Å²) >= 11 is 1.60. The molecule has 0 radical (unpaired) electrons. The minimum Gasteiger partial charge on any atom is -0.326 e. The van der Waals surface area contributed by atoms with Gasteiger partial charge in [-0.2, -0.15) is 0 Å². The van der Waals surface area contributed by atoms with Gasteiger partial charge < -0.3 is 4.57 Å². The van der Waals surface area contributed by atoms with Gasteiger partial charge in [0.2, 0.25) is 0 Å². The molecule has 0 aliphatic carbocycles. The van der Waals surface area contributed by atoms with E-state index in [2.05, 4.69) is 37.1 Å². The molecule has 0 aromatic carbocycles. The Hall–Kier alpha value is -3.52. The maximum atomic E-state index is 4.91. The molecule has 136 valence electrons. The lowest BCUT2D eigenvalue weighted by atomic mass is 10.2. The van der Waals surface area contributed by atoms with Crippen molar-refractivity contribution >= 4 is 22.4 Å². The highest BCUT2D eigenvalue weighted by molar-refractivity contribution is 7.18. The molecule has 5 rings (SSSR count). The van der Waals surface area contributed by atoms with Gasteiger partial charge in [-0.15, -0.1) is 11.3 Å². The second-order valence-corrected chi connectivity index (χ2v) is 7.33. The Kier molecular flexibility index (Phi) is 3.91. The van der Waals surface area contributed by atoms with E-state index in [1.807, 2.05) is 30.7 Å². The molecule has 28 heavy (non-hydrogen) atoms. The fourth-order valence-corrected chi connectivity index (χ4v) is 4.15. The van der Waals surface area contributed by atoms with E-state index in [4.69, 9.17) is 4.98 Å². The zero-order chi connectivity index (χ0) is 19.1. The standard InChI is InChI=1S/C20H15N7S/c1-12-17(28-20(25-12)14-9-21-11-22-10-14)15-5-4-13-8-16(27(2)19(13)26-15)18-23-6-3-7-24-18/h3-11H,1-2H3. The Balaban J connectivity index is 1.61. The maximum absolute atomic E-state index is 4.91. The average Bonchev–Trinajstić information content (AvgIpc) is 3.29. The summed E-state index contributed by atoms with van der Waals surface area (Å²) in [5, 5.41) is 1.94. The molecule has 0 fully saturated rings. The Morgan fingerprint density at radius 2 is 1.79 bits per heavy atom. The number of hydrogen-bond donors (Lipinski definition) is 0. The first kappa shape index (κ1) is 16.6. The summed E-state index contributed by atoms with van der Waals surface area (Å²) in [5.41, 5.74) is 4.56. The summed E-state index contributed by atoms with van der Waals surface area (Å²) in [5.74, 6) is 0.685. The molecule has 0 unspecified atom stereocenters. The van der Waals surface area contributed by atoms with Gasteiger partial charge in [-0.05, 0) is 31.2 Å². The summed E-state index contributed by atoms with van der Waals surface area (Å²) in [7, 11) is 1.98. The van der Waals surface area contributed by atoms with E-state index in [9.17, 15) is 0 Å². The lowest BCUT2D eigenvalue weighted by molar-refractivity contribution is 0.940. The fraction of sp³-hybridized carbons (Fsp3) is 0.100. The molecule has 5 heterocycles. The topological polar surface area (TPSA) is 82.3 Å². The fourth-order valence-electron chi connectivity index (χ4n) is 3.14. The van der Waals surface area contributed by atoms with E-state index in [1.54, 1.807) is 36.1 Å². The molecule has 0 aliphatic rings. The summed E-state index contributed by atoms with van der Waals surface area (Å²) in [6.07, 6.45) is 8.55. The molecule has 0 bridgehead atoms. The molecule has 7 nitrogen and oxygen atoms in total. The lowest BCUT2D eigenvalue weighted by Crippen LogP contribution is -1.96. The number of nitrogens with zero attached hydrogens (tertiary/aromatic N) is 7. The van der Waals surface area contributed by atoms with Gasteiger partial charge in [-0.1, -0.05) is 0 Å². The van der Waals surface area contributed by atoms with Crippen LogP contribution in [0.15, 0.2) is 55.4 Å². The van der Waals surface area contributed by atoms with E-state index in [0.717, 1.165) is 43.6 Å². The van der Waals surface area contributed by atoms with Crippen LogP contribution in [-0.2, 0) is 7.05 Å². The average molecular weight is 385 g/mol. The molecule has 0 saturated heterocycles. The first-order valence-corrected chi connectivity index (χ1v) is 9.49. The first-order valence-electron chi connectivity index (χ1n) is 8.68. The maximum Gasteiger partial charge on any atom is 0.176 e. The number of pyridine rings is 1. The van der Waals surface area contributed by atoms with Gasteiger partial charge in [-0.3, -0.25) is 0 Å². The molecule has 0 saturated carbocycles. The highest BCUT2D eigenvalue weighted by atomic mass is 32.1. The summed E-state index contributed by atoms with van der Waals surface area (Å²) in [6, 6.07) is 7.98.